The molecule has 19 heavy (non-hydrogen) atoms. The molecule has 0 atom stereocenters. The molecule has 0 aromatic heterocycles. The molecule has 1 N–H and O–H groups in total. The van der Waals surface area contributed by atoms with E-state index in [2.05, 4.69) is 5.32 Å². The third-order valence-corrected chi connectivity index (χ3v) is 2.70. The SMILES string of the molecule is COC(=O)c1cc(NC=C(C#N)C#N)cc(C)c1C. The smallest absolute Gasteiger partial charge is 0.338 e. The van der Waals surface area contributed by atoms with E-state index in [1.807, 2.05) is 19.9 Å². The molecule has 0 saturated carbocycles. The number of hydrogen-bond acceptors (Lipinski definition) is 5. The molecule has 0 aliphatic carbocycles. The van der Waals surface area contributed by atoms with Crippen LogP contribution in [0, 0.1) is 36.5 Å². The fraction of sp³-hybridized carbons (Fsp3) is 0.214. The van der Waals surface area contributed by atoms with Gasteiger partial charge in [0.1, 0.15) is 17.7 Å². The van der Waals surface area contributed by atoms with Gasteiger partial charge < -0.3 is 10.1 Å². The fourth-order valence-electron chi connectivity index (χ4n) is 1.51. The zero-order valence-electron chi connectivity index (χ0n) is 10.9. The fourth-order valence-corrected chi connectivity index (χ4v) is 1.51. The number of nitriles is 2. The molecule has 1 rings (SSSR count). The van der Waals surface area contributed by atoms with Crippen LogP contribution in [0.5, 0.6) is 0 Å². The van der Waals surface area contributed by atoms with Crippen molar-refractivity contribution in [1.29, 1.82) is 10.5 Å². The minimum atomic E-state index is -0.422. The summed E-state index contributed by atoms with van der Waals surface area (Å²) in [7, 11) is 1.32. The quantitative estimate of drug-likeness (QED) is 0.662. The van der Waals surface area contributed by atoms with E-state index >= 15 is 0 Å². The van der Waals surface area contributed by atoms with E-state index in [1.54, 1.807) is 18.2 Å². The van der Waals surface area contributed by atoms with Crippen molar-refractivity contribution in [1.82, 2.24) is 0 Å². The van der Waals surface area contributed by atoms with Gasteiger partial charge in [0.2, 0.25) is 0 Å². The van der Waals surface area contributed by atoms with Gasteiger partial charge >= 0.3 is 5.97 Å². The molecule has 0 fully saturated rings. The highest BCUT2D eigenvalue weighted by Gasteiger charge is 2.12. The van der Waals surface area contributed by atoms with Crippen LogP contribution in [0.3, 0.4) is 0 Å². The van der Waals surface area contributed by atoms with Gasteiger partial charge in [-0.2, -0.15) is 10.5 Å². The minimum absolute atomic E-state index is 0.0437. The van der Waals surface area contributed by atoms with Crippen molar-refractivity contribution in [2.24, 2.45) is 0 Å². The predicted octanol–water partition coefficient (Wildman–Crippen LogP) is 2.43. The summed E-state index contributed by atoms with van der Waals surface area (Å²) in [6, 6.07) is 6.93. The van der Waals surface area contributed by atoms with E-state index in [-0.39, 0.29) is 5.57 Å². The monoisotopic (exact) mass is 255 g/mol. The highest BCUT2D eigenvalue weighted by molar-refractivity contribution is 5.92. The number of anilines is 1. The normalized spacial score (nSPS) is 8.89. The number of carbonyl (C=O) groups excluding carboxylic acids is 1. The Morgan fingerprint density at radius 2 is 1.95 bits per heavy atom. The topological polar surface area (TPSA) is 85.9 Å². The van der Waals surface area contributed by atoms with Crippen LogP contribution in [0.4, 0.5) is 5.69 Å². The molecule has 96 valence electrons. The van der Waals surface area contributed by atoms with Crippen molar-refractivity contribution in [2.45, 2.75) is 13.8 Å². The Hall–Kier alpha value is -2.79. The van der Waals surface area contributed by atoms with Crippen LogP contribution in [0.1, 0.15) is 21.5 Å². The molecule has 0 saturated heterocycles. The summed E-state index contributed by atoms with van der Waals surface area (Å²) in [5.74, 6) is -0.422. The predicted molar refractivity (Wildman–Crippen MR) is 70.2 cm³/mol. The van der Waals surface area contributed by atoms with Crippen molar-refractivity contribution in [3.8, 4) is 12.1 Å². The van der Waals surface area contributed by atoms with Crippen molar-refractivity contribution in [3.05, 3.63) is 40.6 Å². The summed E-state index contributed by atoms with van der Waals surface area (Å²) in [6.45, 7) is 3.70. The molecule has 0 aliphatic rings. The lowest BCUT2D eigenvalue weighted by Gasteiger charge is -2.10. The number of nitrogens with zero attached hydrogens (tertiary/aromatic N) is 2. The Morgan fingerprint density at radius 1 is 1.32 bits per heavy atom. The van der Waals surface area contributed by atoms with Gasteiger partial charge in [-0.15, -0.1) is 0 Å². The molecule has 0 heterocycles. The number of hydrogen-bond donors (Lipinski definition) is 1. The molecule has 0 amide bonds. The molecule has 1 aromatic carbocycles. The van der Waals surface area contributed by atoms with E-state index in [9.17, 15) is 4.79 Å². The molecule has 5 nitrogen and oxygen atoms in total. The van der Waals surface area contributed by atoms with Gasteiger partial charge in [0.25, 0.3) is 0 Å². The molecular formula is C14H13N3O2. The summed E-state index contributed by atoms with van der Waals surface area (Å²) in [5.41, 5.74) is 2.77. The number of esters is 1. The van der Waals surface area contributed by atoms with E-state index in [0.717, 1.165) is 11.1 Å². The number of benzene rings is 1. The standard InChI is InChI=1S/C14H13N3O2/c1-9-4-12(17-8-11(6-15)7-16)5-13(10(9)2)14(18)19-3/h4-5,8,17H,1-3H3. The van der Waals surface area contributed by atoms with Crippen LogP contribution in [0.15, 0.2) is 23.9 Å². The number of ether oxygens (including phenoxy) is 1. The summed E-state index contributed by atoms with van der Waals surface area (Å²) in [4.78, 5) is 11.6. The second kappa shape index (κ2) is 6.23. The van der Waals surface area contributed by atoms with Gasteiger partial charge in [0, 0.05) is 11.9 Å². The first-order chi connectivity index (χ1) is 9.03. The van der Waals surface area contributed by atoms with Crippen LogP contribution in [-0.2, 0) is 4.74 Å². The number of rotatable bonds is 3. The maximum Gasteiger partial charge on any atom is 0.338 e. The lowest BCUT2D eigenvalue weighted by molar-refractivity contribution is 0.0600. The van der Waals surface area contributed by atoms with Gasteiger partial charge in [0.05, 0.1) is 12.7 Å². The Labute approximate surface area is 111 Å². The lowest BCUT2D eigenvalue weighted by atomic mass is 10.0. The maximum absolute atomic E-state index is 11.6. The van der Waals surface area contributed by atoms with E-state index in [1.165, 1.54) is 13.3 Å². The van der Waals surface area contributed by atoms with Crippen LogP contribution in [-0.4, -0.2) is 13.1 Å². The number of aryl methyl sites for hydroxylation is 1. The average molecular weight is 255 g/mol. The highest BCUT2D eigenvalue weighted by atomic mass is 16.5. The van der Waals surface area contributed by atoms with E-state index < -0.39 is 5.97 Å². The molecule has 0 spiro atoms. The average Bonchev–Trinajstić information content (AvgIpc) is 2.42. The number of allylic oxidation sites excluding steroid dienone is 1. The van der Waals surface area contributed by atoms with Gasteiger partial charge in [-0.05, 0) is 37.1 Å². The minimum Gasteiger partial charge on any atom is -0.465 e. The lowest BCUT2D eigenvalue weighted by Crippen LogP contribution is -2.06. The summed E-state index contributed by atoms with van der Waals surface area (Å²) in [5, 5.41) is 20.1. The van der Waals surface area contributed by atoms with Gasteiger partial charge in [0.15, 0.2) is 0 Å². The Kier molecular flexibility index (Phi) is 4.68. The number of nitrogens with one attached hydrogen (secondary N) is 1. The summed E-state index contributed by atoms with van der Waals surface area (Å²) >= 11 is 0. The molecule has 0 unspecified atom stereocenters. The molecular weight excluding hydrogens is 242 g/mol. The second-order valence-corrected chi connectivity index (χ2v) is 3.88. The third-order valence-electron chi connectivity index (χ3n) is 2.70. The molecule has 0 radical (unpaired) electrons. The molecule has 0 bridgehead atoms. The molecule has 5 heteroatoms. The van der Waals surface area contributed by atoms with Gasteiger partial charge in [-0.25, -0.2) is 4.79 Å². The first-order valence-corrected chi connectivity index (χ1v) is 5.50. The maximum atomic E-state index is 11.6. The van der Waals surface area contributed by atoms with Gasteiger partial charge in [-0.1, -0.05) is 0 Å². The second-order valence-electron chi connectivity index (χ2n) is 3.88. The third kappa shape index (κ3) is 3.34. The zero-order valence-corrected chi connectivity index (χ0v) is 10.9. The largest absolute Gasteiger partial charge is 0.465 e. The number of carbonyl (C=O) groups is 1. The Morgan fingerprint density at radius 3 is 2.47 bits per heavy atom. The van der Waals surface area contributed by atoms with Crippen LogP contribution in [0.25, 0.3) is 0 Å². The first kappa shape index (κ1) is 14.3. The van der Waals surface area contributed by atoms with Crippen molar-refractivity contribution in [2.75, 3.05) is 12.4 Å². The molecule has 0 aliphatic heterocycles. The van der Waals surface area contributed by atoms with Crippen LogP contribution < -0.4 is 5.32 Å². The van der Waals surface area contributed by atoms with E-state index in [0.29, 0.717) is 11.3 Å². The highest BCUT2D eigenvalue weighted by Crippen LogP contribution is 2.21. The summed E-state index contributed by atoms with van der Waals surface area (Å²) in [6.07, 6.45) is 1.30. The van der Waals surface area contributed by atoms with Crippen molar-refractivity contribution >= 4 is 11.7 Å². The Bertz CT molecular complexity index is 603. The first-order valence-electron chi connectivity index (χ1n) is 5.50. The van der Waals surface area contributed by atoms with Crippen molar-refractivity contribution in [3.63, 3.8) is 0 Å². The van der Waals surface area contributed by atoms with Crippen LogP contribution >= 0.6 is 0 Å². The molecule has 1 aromatic rings. The zero-order chi connectivity index (χ0) is 14.4. The van der Waals surface area contributed by atoms with Gasteiger partial charge in [-0.3, -0.25) is 0 Å². The van der Waals surface area contributed by atoms with Crippen molar-refractivity contribution < 1.29 is 9.53 Å². The Balaban J connectivity index is 3.16. The summed E-state index contributed by atoms with van der Waals surface area (Å²) < 4.78 is 4.71. The van der Waals surface area contributed by atoms with E-state index in [4.69, 9.17) is 15.3 Å². The number of methoxy groups -OCH3 is 1. The van der Waals surface area contributed by atoms with Crippen LogP contribution in [0.2, 0.25) is 0 Å².